The van der Waals surface area contributed by atoms with E-state index in [1.54, 1.807) is 31.7 Å². The van der Waals surface area contributed by atoms with E-state index >= 15 is 0 Å². The highest BCUT2D eigenvalue weighted by atomic mass is 16.6. The molecular weight excluding hydrogens is 308 g/mol. The molecule has 7 heteroatoms. The largest absolute Gasteiger partial charge is 0.466 e. The van der Waals surface area contributed by atoms with Crippen LogP contribution in [0.3, 0.4) is 0 Å². The Kier molecular flexibility index (Phi) is 7.33. The van der Waals surface area contributed by atoms with E-state index in [1.165, 1.54) is 6.33 Å². The molecule has 7 nitrogen and oxygen atoms in total. The summed E-state index contributed by atoms with van der Waals surface area (Å²) in [6.45, 7) is 2.62. The number of unbranched alkanes of at least 4 members (excludes halogenated alkanes) is 1. The number of esters is 1. The van der Waals surface area contributed by atoms with Crippen molar-refractivity contribution in [2.24, 2.45) is 5.16 Å². The van der Waals surface area contributed by atoms with Crippen LogP contribution in [-0.2, 0) is 14.4 Å². The molecule has 0 bridgehead atoms. The van der Waals surface area contributed by atoms with Gasteiger partial charge < -0.3 is 9.57 Å². The third-order valence-electron chi connectivity index (χ3n) is 3.10. The maximum absolute atomic E-state index is 11.2. The normalized spacial score (nSPS) is 11.1. The highest BCUT2D eigenvalue weighted by Gasteiger charge is 2.09. The lowest BCUT2D eigenvalue weighted by Crippen LogP contribution is -2.07. The van der Waals surface area contributed by atoms with Crippen molar-refractivity contribution in [3.05, 3.63) is 54.4 Å². The minimum absolute atomic E-state index is 0.182. The molecule has 0 atom stereocenters. The second kappa shape index (κ2) is 10.0. The number of aromatic nitrogens is 3. The van der Waals surface area contributed by atoms with Gasteiger partial charge in [0.05, 0.1) is 6.61 Å². The van der Waals surface area contributed by atoms with Gasteiger partial charge in [-0.3, -0.25) is 9.78 Å². The Hall–Kier alpha value is -2.83. The number of pyridine rings is 1. The van der Waals surface area contributed by atoms with Crippen LogP contribution >= 0.6 is 0 Å². The minimum atomic E-state index is -0.182. The molecule has 0 amide bonds. The van der Waals surface area contributed by atoms with Gasteiger partial charge in [0.15, 0.2) is 0 Å². The first kappa shape index (κ1) is 17.5. The van der Waals surface area contributed by atoms with Gasteiger partial charge >= 0.3 is 5.97 Å². The van der Waals surface area contributed by atoms with Crippen LogP contribution in [0.2, 0.25) is 0 Å². The molecule has 126 valence electrons. The highest BCUT2D eigenvalue weighted by Crippen LogP contribution is 2.09. The van der Waals surface area contributed by atoms with Crippen molar-refractivity contribution in [2.75, 3.05) is 13.2 Å². The SMILES string of the molecule is CCOC(=O)CCCCO/N=C(\c1cccnc1)c1cncnc1. The van der Waals surface area contributed by atoms with Gasteiger partial charge in [0.2, 0.25) is 0 Å². The molecule has 2 rings (SSSR count). The van der Waals surface area contributed by atoms with Gasteiger partial charge in [0, 0.05) is 42.3 Å². The van der Waals surface area contributed by atoms with E-state index in [2.05, 4.69) is 20.1 Å². The predicted octanol–water partition coefficient (Wildman–Crippen LogP) is 2.37. The molecule has 0 unspecified atom stereocenters. The predicted molar refractivity (Wildman–Crippen MR) is 88.3 cm³/mol. The Labute approximate surface area is 140 Å². The Morgan fingerprint density at radius 1 is 1.12 bits per heavy atom. The van der Waals surface area contributed by atoms with Crippen LogP contribution in [0.5, 0.6) is 0 Å². The van der Waals surface area contributed by atoms with Crippen molar-refractivity contribution < 1.29 is 14.4 Å². The van der Waals surface area contributed by atoms with Crippen molar-refractivity contribution in [1.29, 1.82) is 0 Å². The molecule has 0 aliphatic carbocycles. The number of ether oxygens (including phenoxy) is 1. The minimum Gasteiger partial charge on any atom is -0.466 e. The smallest absolute Gasteiger partial charge is 0.305 e. The van der Waals surface area contributed by atoms with Crippen LogP contribution in [-0.4, -0.2) is 39.8 Å². The Bertz CT molecular complexity index is 606. The molecule has 2 aromatic rings. The summed E-state index contributed by atoms with van der Waals surface area (Å²) in [6, 6.07) is 3.72. The van der Waals surface area contributed by atoms with E-state index in [-0.39, 0.29) is 5.97 Å². The molecule has 2 aromatic heterocycles. The fourth-order valence-electron chi connectivity index (χ4n) is 1.98. The van der Waals surface area contributed by atoms with E-state index in [0.29, 0.717) is 38.2 Å². The Morgan fingerprint density at radius 2 is 1.92 bits per heavy atom. The molecule has 0 saturated carbocycles. The van der Waals surface area contributed by atoms with Crippen LogP contribution in [0.15, 0.2) is 48.4 Å². The molecule has 0 aliphatic heterocycles. The van der Waals surface area contributed by atoms with Crippen molar-refractivity contribution in [2.45, 2.75) is 26.2 Å². The number of oxime groups is 1. The summed E-state index contributed by atoms with van der Waals surface area (Å²) in [4.78, 5) is 28.8. The number of hydrogen-bond donors (Lipinski definition) is 0. The molecular formula is C17H20N4O3. The van der Waals surface area contributed by atoms with Gasteiger partial charge in [-0.15, -0.1) is 0 Å². The summed E-state index contributed by atoms with van der Waals surface area (Å²) >= 11 is 0. The summed E-state index contributed by atoms with van der Waals surface area (Å²) in [5, 5.41) is 4.20. The quantitative estimate of drug-likeness (QED) is 0.304. The average Bonchev–Trinajstić information content (AvgIpc) is 2.63. The molecule has 0 aromatic carbocycles. The second-order valence-electron chi connectivity index (χ2n) is 4.90. The lowest BCUT2D eigenvalue weighted by Gasteiger charge is -2.06. The van der Waals surface area contributed by atoms with Gasteiger partial charge in [-0.05, 0) is 31.9 Å². The number of nitrogens with zero attached hydrogens (tertiary/aromatic N) is 4. The van der Waals surface area contributed by atoms with Crippen molar-refractivity contribution in [3.63, 3.8) is 0 Å². The third kappa shape index (κ3) is 5.75. The maximum atomic E-state index is 11.2. The van der Waals surface area contributed by atoms with Gasteiger partial charge in [0.1, 0.15) is 18.6 Å². The fourth-order valence-corrected chi connectivity index (χ4v) is 1.98. The standard InChI is InChI=1S/C17H20N4O3/c1-2-23-16(22)7-3-4-9-24-21-17(14-6-5-8-18-10-14)15-11-19-13-20-12-15/h5-6,8,10-13H,2-4,7,9H2,1H3/b21-17+. The first-order valence-corrected chi connectivity index (χ1v) is 7.82. The molecule has 0 spiro atoms. The van der Waals surface area contributed by atoms with E-state index < -0.39 is 0 Å². The number of rotatable bonds is 9. The average molecular weight is 328 g/mol. The van der Waals surface area contributed by atoms with E-state index in [1.807, 2.05) is 12.1 Å². The summed E-state index contributed by atoms with van der Waals surface area (Å²) < 4.78 is 4.87. The van der Waals surface area contributed by atoms with E-state index in [9.17, 15) is 4.79 Å². The zero-order valence-corrected chi connectivity index (χ0v) is 13.6. The summed E-state index contributed by atoms with van der Waals surface area (Å²) in [5.74, 6) is -0.182. The van der Waals surface area contributed by atoms with Crippen LogP contribution in [0.1, 0.15) is 37.3 Å². The summed E-state index contributed by atoms with van der Waals surface area (Å²) in [7, 11) is 0. The van der Waals surface area contributed by atoms with E-state index in [4.69, 9.17) is 9.57 Å². The van der Waals surface area contributed by atoms with Crippen LogP contribution in [0.4, 0.5) is 0 Å². The molecule has 0 radical (unpaired) electrons. The molecule has 0 saturated heterocycles. The number of carbonyl (C=O) groups is 1. The van der Waals surface area contributed by atoms with Crippen molar-refractivity contribution in [1.82, 2.24) is 15.0 Å². The van der Waals surface area contributed by atoms with Crippen LogP contribution in [0, 0.1) is 0 Å². The highest BCUT2D eigenvalue weighted by molar-refractivity contribution is 6.12. The molecule has 0 fully saturated rings. The molecule has 2 heterocycles. The lowest BCUT2D eigenvalue weighted by molar-refractivity contribution is -0.143. The first-order valence-electron chi connectivity index (χ1n) is 7.82. The summed E-state index contributed by atoms with van der Waals surface area (Å²) in [6.07, 6.45) is 10.0. The second-order valence-corrected chi connectivity index (χ2v) is 4.90. The first-order chi connectivity index (χ1) is 11.8. The molecule has 0 aliphatic rings. The maximum Gasteiger partial charge on any atom is 0.305 e. The van der Waals surface area contributed by atoms with E-state index in [0.717, 1.165) is 11.1 Å². The van der Waals surface area contributed by atoms with Crippen LogP contribution < -0.4 is 0 Å². The van der Waals surface area contributed by atoms with Crippen LogP contribution in [0.25, 0.3) is 0 Å². The van der Waals surface area contributed by atoms with Gasteiger partial charge in [-0.1, -0.05) is 5.16 Å². The van der Waals surface area contributed by atoms with Gasteiger partial charge in [0.25, 0.3) is 0 Å². The summed E-state index contributed by atoms with van der Waals surface area (Å²) in [5.41, 5.74) is 2.19. The number of carbonyl (C=O) groups excluding carboxylic acids is 1. The van der Waals surface area contributed by atoms with Gasteiger partial charge in [-0.25, -0.2) is 9.97 Å². The Balaban J connectivity index is 1.91. The van der Waals surface area contributed by atoms with Crippen molar-refractivity contribution in [3.8, 4) is 0 Å². The topological polar surface area (TPSA) is 86.6 Å². The molecule has 0 N–H and O–H groups in total. The zero-order chi connectivity index (χ0) is 17.0. The zero-order valence-electron chi connectivity index (χ0n) is 13.6. The Morgan fingerprint density at radius 3 is 2.62 bits per heavy atom. The molecule has 24 heavy (non-hydrogen) atoms. The monoisotopic (exact) mass is 328 g/mol. The van der Waals surface area contributed by atoms with Crippen molar-refractivity contribution >= 4 is 11.7 Å². The van der Waals surface area contributed by atoms with Gasteiger partial charge in [-0.2, -0.15) is 0 Å². The fraction of sp³-hybridized carbons (Fsp3) is 0.353. The number of hydrogen-bond acceptors (Lipinski definition) is 7. The lowest BCUT2D eigenvalue weighted by atomic mass is 10.1. The third-order valence-corrected chi connectivity index (χ3v) is 3.10.